The summed E-state index contributed by atoms with van der Waals surface area (Å²) in [5.74, 6) is 0.460. The minimum absolute atomic E-state index is 0.154. The summed E-state index contributed by atoms with van der Waals surface area (Å²) in [5.41, 5.74) is -0.154. The van der Waals surface area contributed by atoms with Crippen molar-refractivity contribution in [1.82, 2.24) is 14.3 Å². The largest absolute Gasteiger partial charge is 0.356 e. The zero-order chi connectivity index (χ0) is 21.3. The number of rotatable bonds is 5. The third kappa shape index (κ3) is 4.54. The summed E-state index contributed by atoms with van der Waals surface area (Å²) < 4.78 is 54.1. The molecular weight excluding hydrogens is 412 g/mol. The fraction of sp³-hybridized carbons (Fsp3) is 0.500. The highest BCUT2D eigenvalue weighted by Crippen LogP contribution is 2.24. The predicted octanol–water partition coefficient (Wildman–Crippen LogP) is 2.32. The second-order valence-electron chi connectivity index (χ2n) is 7.70. The van der Waals surface area contributed by atoms with Gasteiger partial charge in [0, 0.05) is 50.9 Å². The quantitative estimate of drug-likeness (QED) is 0.715. The van der Waals surface area contributed by atoms with Crippen molar-refractivity contribution in [1.29, 1.82) is 0 Å². The fourth-order valence-electron chi connectivity index (χ4n) is 3.94. The van der Waals surface area contributed by atoms with E-state index in [0.717, 1.165) is 55.8 Å². The van der Waals surface area contributed by atoms with E-state index < -0.39 is 27.4 Å². The molecule has 3 heterocycles. The SMILES string of the molecule is Cc1nc(N2CCCC2)cc(N2CCN(S(=O)(=O)Cc3cc(F)ccc3F)CC2)n1. The van der Waals surface area contributed by atoms with Gasteiger partial charge < -0.3 is 9.80 Å². The summed E-state index contributed by atoms with van der Waals surface area (Å²) in [5, 5.41) is 0. The van der Waals surface area contributed by atoms with Crippen LogP contribution in [0.5, 0.6) is 0 Å². The molecule has 2 saturated heterocycles. The lowest BCUT2D eigenvalue weighted by molar-refractivity contribution is 0.382. The predicted molar refractivity (Wildman–Crippen MR) is 111 cm³/mol. The lowest BCUT2D eigenvalue weighted by atomic mass is 10.2. The van der Waals surface area contributed by atoms with Crippen molar-refractivity contribution in [2.24, 2.45) is 0 Å². The normalized spacial score (nSPS) is 18.2. The Morgan fingerprint density at radius 1 is 0.900 bits per heavy atom. The van der Waals surface area contributed by atoms with Crippen LogP contribution in [-0.4, -0.2) is 62.0 Å². The van der Waals surface area contributed by atoms with E-state index in [-0.39, 0.29) is 18.7 Å². The van der Waals surface area contributed by atoms with Gasteiger partial charge in [-0.25, -0.2) is 27.2 Å². The fourth-order valence-corrected chi connectivity index (χ4v) is 5.46. The van der Waals surface area contributed by atoms with Crippen LogP contribution in [0.15, 0.2) is 24.3 Å². The molecule has 0 amide bonds. The van der Waals surface area contributed by atoms with E-state index in [9.17, 15) is 17.2 Å². The summed E-state index contributed by atoms with van der Waals surface area (Å²) >= 11 is 0. The number of piperazine rings is 1. The molecule has 0 atom stereocenters. The van der Waals surface area contributed by atoms with Crippen LogP contribution in [0.4, 0.5) is 20.4 Å². The maximum absolute atomic E-state index is 13.9. The highest BCUT2D eigenvalue weighted by molar-refractivity contribution is 7.88. The zero-order valence-corrected chi connectivity index (χ0v) is 17.7. The number of benzene rings is 1. The average Bonchev–Trinajstić information content (AvgIpc) is 3.25. The monoisotopic (exact) mass is 437 g/mol. The zero-order valence-electron chi connectivity index (χ0n) is 16.9. The van der Waals surface area contributed by atoms with Crippen LogP contribution in [0.1, 0.15) is 24.2 Å². The second-order valence-corrected chi connectivity index (χ2v) is 9.67. The average molecular weight is 438 g/mol. The van der Waals surface area contributed by atoms with Crippen LogP contribution in [0.3, 0.4) is 0 Å². The molecular formula is C20H25F2N5O2S. The number of anilines is 2. The number of hydrogen-bond donors (Lipinski definition) is 0. The first-order chi connectivity index (χ1) is 14.3. The highest BCUT2D eigenvalue weighted by atomic mass is 32.2. The van der Waals surface area contributed by atoms with E-state index in [0.29, 0.717) is 18.9 Å². The Bertz CT molecular complexity index is 1020. The minimum Gasteiger partial charge on any atom is -0.356 e. The molecule has 0 saturated carbocycles. The molecule has 30 heavy (non-hydrogen) atoms. The highest BCUT2D eigenvalue weighted by Gasteiger charge is 2.29. The molecule has 7 nitrogen and oxygen atoms in total. The van der Waals surface area contributed by atoms with Crippen LogP contribution in [0.2, 0.25) is 0 Å². The third-order valence-electron chi connectivity index (χ3n) is 5.54. The number of nitrogens with zero attached hydrogens (tertiary/aromatic N) is 5. The molecule has 2 aliphatic heterocycles. The number of aryl methyl sites for hydroxylation is 1. The molecule has 0 bridgehead atoms. The number of halogens is 2. The van der Waals surface area contributed by atoms with Crippen molar-refractivity contribution >= 4 is 21.7 Å². The van der Waals surface area contributed by atoms with Crippen molar-refractivity contribution in [3.63, 3.8) is 0 Å². The Morgan fingerprint density at radius 3 is 2.13 bits per heavy atom. The molecule has 0 spiro atoms. The molecule has 1 aromatic heterocycles. The Balaban J connectivity index is 1.44. The topological polar surface area (TPSA) is 69.6 Å². The van der Waals surface area contributed by atoms with Gasteiger partial charge in [0.25, 0.3) is 0 Å². The Hall–Kier alpha value is -2.33. The molecule has 162 valence electrons. The van der Waals surface area contributed by atoms with E-state index in [4.69, 9.17) is 0 Å². The van der Waals surface area contributed by atoms with Crippen molar-refractivity contribution in [3.8, 4) is 0 Å². The molecule has 0 unspecified atom stereocenters. The van der Waals surface area contributed by atoms with Gasteiger partial charge in [0.2, 0.25) is 10.0 Å². The molecule has 1 aromatic carbocycles. The summed E-state index contributed by atoms with van der Waals surface area (Å²) in [6, 6.07) is 4.83. The van der Waals surface area contributed by atoms with Crippen LogP contribution >= 0.6 is 0 Å². The summed E-state index contributed by atoms with van der Waals surface area (Å²) in [6.07, 6.45) is 2.31. The number of hydrogen-bond acceptors (Lipinski definition) is 6. The van der Waals surface area contributed by atoms with E-state index in [1.807, 2.05) is 17.9 Å². The van der Waals surface area contributed by atoms with Gasteiger partial charge in [-0.3, -0.25) is 0 Å². The molecule has 0 N–H and O–H groups in total. The van der Waals surface area contributed by atoms with Gasteiger partial charge in [0.15, 0.2) is 0 Å². The Labute approximate surface area is 175 Å². The maximum atomic E-state index is 13.9. The standard InChI is InChI=1S/C20H25F2N5O2S/c1-15-23-19(25-6-2-3-7-25)13-20(24-15)26-8-10-27(11-9-26)30(28,29)14-16-12-17(21)4-5-18(16)22/h4-5,12-13H,2-3,6-11,14H2,1H3. The first kappa shape index (κ1) is 20.9. The molecule has 0 radical (unpaired) electrons. The van der Waals surface area contributed by atoms with Crippen molar-refractivity contribution < 1.29 is 17.2 Å². The number of sulfonamides is 1. The molecule has 0 aliphatic carbocycles. The van der Waals surface area contributed by atoms with Crippen LogP contribution in [0.25, 0.3) is 0 Å². The van der Waals surface area contributed by atoms with Crippen molar-refractivity contribution in [2.45, 2.75) is 25.5 Å². The van der Waals surface area contributed by atoms with Gasteiger partial charge >= 0.3 is 0 Å². The second kappa shape index (κ2) is 8.43. The van der Waals surface area contributed by atoms with Crippen LogP contribution in [0, 0.1) is 18.6 Å². The van der Waals surface area contributed by atoms with Gasteiger partial charge in [-0.2, -0.15) is 4.31 Å². The molecule has 10 heteroatoms. The van der Waals surface area contributed by atoms with Crippen LogP contribution < -0.4 is 9.80 Å². The van der Waals surface area contributed by atoms with Gasteiger partial charge in [-0.05, 0) is 38.0 Å². The van der Waals surface area contributed by atoms with Gasteiger partial charge in [0.05, 0.1) is 5.75 Å². The molecule has 2 aliphatic rings. The lowest BCUT2D eigenvalue weighted by Gasteiger charge is -2.35. The smallest absolute Gasteiger partial charge is 0.218 e. The van der Waals surface area contributed by atoms with Crippen molar-refractivity contribution in [2.75, 3.05) is 49.1 Å². The third-order valence-corrected chi connectivity index (χ3v) is 7.37. The van der Waals surface area contributed by atoms with E-state index in [1.165, 1.54) is 4.31 Å². The first-order valence-corrected chi connectivity index (χ1v) is 11.7. The molecule has 4 rings (SSSR count). The van der Waals surface area contributed by atoms with Crippen LogP contribution in [-0.2, 0) is 15.8 Å². The first-order valence-electron chi connectivity index (χ1n) is 10.1. The summed E-state index contributed by atoms with van der Waals surface area (Å²) in [6.45, 7) is 5.30. The summed E-state index contributed by atoms with van der Waals surface area (Å²) in [4.78, 5) is 13.4. The minimum atomic E-state index is -3.75. The maximum Gasteiger partial charge on any atom is 0.218 e. The Morgan fingerprint density at radius 2 is 1.50 bits per heavy atom. The van der Waals surface area contributed by atoms with Crippen molar-refractivity contribution in [3.05, 3.63) is 47.3 Å². The van der Waals surface area contributed by atoms with Gasteiger partial charge in [-0.15, -0.1) is 0 Å². The molecule has 2 aromatic rings. The molecule has 2 fully saturated rings. The van der Waals surface area contributed by atoms with E-state index >= 15 is 0 Å². The summed E-state index contributed by atoms with van der Waals surface area (Å²) in [7, 11) is -3.75. The number of aromatic nitrogens is 2. The van der Waals surface area contributed by atoms with Gasteiger partial charge in [0.1, 0.15) is 29.1 Å². The Kier molecular flexibility index (Phi) is 5.88. The lowest BCUT2D eigenvalue weighted by Crippen LogP contribution is -2.49. The van der Waals surface area contributed by atoms with Gasteiger partial charge in [-0.1, -0.05) is 0 Å². The van der Waals surface area contributed by atoms with E-state index in [2.05, 4.69) is 14.9 Å². The van der Waals surface area contributed by atoms with E-state index in [1.54, 1.807) is 0 Å².